The molecule has 1 N–H and O–H groups in total. The van der Waals surface area contributed by atoms with Gasteiger partial charge in [-0.15, -0.1) is 5.10 Å². The molecule has 1 aliphatic heterocycles. The van der Waals surface area contributed by atoms with E-state index in [-0.39, 0.29) is 11.7 Å². The van der Waals surface area contributed by atoms with Crippen LogP contribution in [0.25, 0.3) is 10.9 Å². The van der Waals surface area contributed by atoms with Crippen molar-refractivity contribution in [2.24, 2.45) is 0 Å². The van der Waals surface area contributed by atoms with Gasteiger partial charge in [0.15, 0.2) is 5.82 Å². The Bertz CT molecular complexity index is 1600. The molecule has 0 amide bonds. The summed E-state index contributed by atoms with van der Waals surface area (Å²) in [5.41, 5.74) is 5.59. The van der Waals surface area contributed by atoms with Crippen molar-refractivity contribution in [1.82, 2.24) is 35.1 Å². The minimum Gasteiger partial charge on any atom is -0.376 e. The standard InChI is InChI=1S/C31H33N7O2/c1-21-12-13-22(2)28-26(21)16-27(31(39)33-28)29(30-34-35-36-38(30)20-25-11-7-15-40-25)37(18-23-8-4-3-5-9-23)19-24-10-6-14-32-17-24/h3-6,8-10,12-14,16-17,25,29H,7,11,15,18-20H2,1-2H3,(H,33,39). The third-order valence-electron chi connectivity index (χ3n) is 7.67. The summed E-state index contributed by atoms with van der Waals surface area (Å²) in [7, 11) is 0. The van der Waals surface area contributed by atoms with Crippen molar-refractivity contribution in [3.8, 4) is 0 Å². The van der Waals surface area contributed by atoms with Crippen molar-refractivity contribution in [2.75, 3.05) is 6.61 Å². The number of fused-ring (bicyclic) bond motifs is 1. The number of rotatable bonds is 9. The second-order valence-electron chi connectivity index (χ2n) is 10.6. The van der Waals surface area contributed by atoms with Gasteiger partial charge in [-0.05, 0) is 71.5 Å². The van der Waals surface area contributed by atoms with Crippen LogP contribution in [0.4, 0.5) is 0 Å². The van der Waals surface area contributed by atoms with Crippen molar-refractivity contribution < 1.29 is 4.74 Å². The molecular formula is C31H33N7O2. The number of tetrazole rings is 1. The Morgan fingerprint density at radius 3 is 2.62 bits per heavy atom. The SMILES string of the molecule is Cc1ccc(C)c2[nH]c(=O)c(C(c3nnnn3CC3CCCO3)N(Cc3ccccc3)Cc3cccnc3)cc12. The maximum absolute atomic E-state index is 13.9. The highest BCUT2D eigenvalue weighted by Crippen LogP contribution is 2.31. The van der Waals surface area contributed by atoms with Crippen LogP contribution < -0.4 is 5.56 Å². The zero-order chi connectivity index (χ0) is 27.5. The van der Waals surface area contributed by atoms with E-state index in [9.17, 15) is 4.79 Å². The second kappa shape index (κ2) is 11.5. The number of H-pyrrole nitrogens is 1. The molecule has 9 nitrogen and oxygen atoms in total. The van der Waals surface area contributed by atoms with Crippen molar-refractivity contribution in [2.45, 2.75) is 58.5 Å². The number of aromatic nitrogens is 6. The van der Waals surface area contributed by atoms with Crippen LogP contribution >= 0.6 is 0 Å². The van der Waals surface area contributed by atoms with E-state index < -0.39 is 6.04 Å². The molecule has 6 rings (SSSR count). The van der Waals surface area contributed by atoms with E-state index in [1.807, 2.05) is 54.2 Å². The van der Waals surface area contributed by atoms with Crippen molar-refractivity contribution >= 4 is 10.9 Å². The number of ether oxygens (including phenoxy) is 1. The Morgan fingerprint density at radius 1 is 1.05 bits per heavy atom. The quantitative estimate of drug-likeness (QED) is 0.297. The molecule has 40 heavy (non-hydrogen) atoms. The summed E-state index contributed by atoms with van der Waals surface area (Å²) in [5.74, 6) is 0.616. The summed E-state index contributed by atoms with van der Waals surface area (Å²) in [6.45, 7) is 6.49. The van der Waals surface area contributed by atoms with Gasteiger partial charge in [-0.1, -0.05) is 48.5 Å². The molecule has 5 aromatic rings. The zero-order valence-corrected chi connectivity index (χ0v) is 22.8. The lowest BCUT2D eigenvalue weighted by Gasteiger charge is -2.31. The van der Waals surface area contributed by atoms with Gasteiger partial charge in [-0.25, -0.2) is 4.68 Å². The molecule has 0 spiro atoms. The number of benzene rings is 2. The smallest absolute Gasteiger partial charge is 0.253 e. The van der Waals surface area contributed by atoms with Gasteiger partial charge in [0.25, 0.3) is 5.56 Å². The highest BCUT2D eigenvalue weighted by atomic mass is 16.5. The minimum absolute atomic E-state index is 0.0450. The summed E-state index contributed by atoms with van der Waals surface area (Å²) in [6.07, 6.45) is 5.66. The van der Waals surface area contributed by atoms with Gasteiger partial charge in [0, 0.05) is 43.0 Å². The Labute approximate surface area is 232 Å². The average molecular weight is 536 g/mol. The van der Waals surface area contributed by atoms with Crippen molar-refractivity contribution in [3.63, 3.8) is 0 Å². The number of aromatic amines is 1. The number of aryl methyl sites for hydroxylation is 2. The first-order chi connectivity index (χ1) is 19.6. The monoisotopic (exact) mass is 535 g/mol. The molecule has 2 atom stereocenters. The van der Waals surface area contributed by atoms with Gasteiger partial charge in [0.2, 0.25) is 0 Å². The van der Waals surface area contributed by atoms with Crippen LogP contribution in [-0.4, -0.2) is 47.8 Å². The molecule has 4 heterocycles. The van der Waals surface area contributed by atoms with Gasteiger partial charge in [-0.2, -0.15) is 0 Å². The van der Waals surface area contributed by atoms with Gasteiger partial charge in [-0.3, -0.25) is 14.7 Å². The van der Waals surface area contributed by atoms with Gasteiger partial charge < -0.3 is 9.72 Å². The second-order valence-corrected chi connectivity index (χ2v) is 10.6. The summed E-state index contributed by atoms with van der Waals surface area (Å²) >= 11 is 0. The Hall–Kier alpha value is -4.21. The van der Waals surface area contributed by atoms with E-state index in [0.717, 1.165) is 52.6 Å². The number of pyridine rings is 2. The van der Waals surface area contributed by atoms with Crippen LogP contribution in [0.3, 0.4) is 0 Å². The maximum Gasteiger partial charge on any atom is 0.253 e. The van der Waals surface area contributed by atoms with Crippen LogP contribution in [0.1, 0.15) is 52.5 Å². The highest BCUT2D eigenvalue weighted by molar-refractivity contribution is 5.85. The molecule has 1 aliphatic rings. The summed E-state index contributed by atoms with van der Waals surface area (Å²) in [4.78, 5) is 23.7. The van der Waals surface area contributed by atoms with E-state index >= 15 is 0 Å². The molecule has 0 bridgehead atoms. The average Bonchev–Trinajstić information content (AvgIpc) is 3.66. The van der Waals surface area contributed by atoms with Crippen LogP contribution in [0, 0.1) is 13.8 Å². The third kappa shape index (κ3) is 5.43. The molecule has 9 heteroatoms. The molecule has 0 aliphatic carbocycles. The molecular weight excluding hydrogens is 502 g/mol. The lowest BCUT2D eigenvalue weighted by Crippen LogP contribution is -2.35. The molecule has 2 unspecified atom stereocenters. The number of nitrogens with zero attached hydrogens (tertiary/aromatic N) is 6. The lowest BCUT2D eigenvalue weighted by atomic mass is 9.98. The van der Waals surface area contributed by atoms with Gasteiger partial charge >= 0.3 is 0 Å². The Balaban J connectivity index is 1.53. The highest BCUT2D eigenvalue weighted by Gasteiger charge is 2.32. The van der Waals surface area contributed by atoms with E-state index in [1.165, 1.54) is 0 Å². The van der Waals surface area contributed by atoms with Crippen LogP contribution in [0.15, 0.2) is 77.9 Å². The molecule has 0 saturated carbocycles. The first kappa shape index (κ1) is 26.0. The fourth-order valence-corrected chi connectivity index (χ4v) is 5.59. The molecule has 1 fully saturated rings. The fourth-order valence-electron chi connectivity index (χ4n) is 5.59. The first-order valence-electron chi connectivity index (χ1n) is 13.7. The van der Waals surface area contributed by atoms with E-state index in [0.29, 0.717) is 31.0 Å². The number of hydrogen-bond donors (Lipinski definition) is 1. The topological polar surface area (TPSA) is 102 Å². The minimum atomic E-state index is -0.523. The van der Waals surface area contributed by atoms with Crippen molar-refractivity contribution in [3.05, 3.63) is 117 Å². The van der Waals surface area contributed by atoms with E-state index in [4.69, 9.17) is 4.74 Å². The molecule has 0 radical (unpaired) electrons. The van der Waals surface area contributed by atoms with E-state index in [1.54, 1.807) is 6.20 Å². The Morgan fingerprint density at radius 2 is 1.85 bits per heavy atom. The molecule has 204 valence electrons. The van der Waals surface area contributed by atoms with Crippen molar-refractivity contribution in [1.29, 1.82) is 0 Å². The predicted octanol–water partition coefficient (Wildman–Crippen LogP) is 4.50. The van der Waals surface area contributed by atoms with Gasteiger partial charge in [0.05, 0.1) is 18.2 Å². The number of hydrogen-bond acceptors (Lipinski definition) is 7. The molecule has 2 aromatic carbocycles. The predicted molar refractivity (Wildman–Crippen MR) is 153 cm³/mol. The first-order valence-corrected chi connectivity index (χ1v) is 13.7. The number of nitrogens with one attached hydrogen (secondary N) is 1. The normalized spacial score (nSPS) is 16.1. The summed E-state index contributed by atoms with van der Waals surface area (Å²) < 4.78 is 7.74. The largest absolute Gasteiger partial charge is 0.376 e. The van der Waals surface area contributed by atoms with Gasteiger partial charge in [0.1, 0.15) is 6.04 Å². The Kier molecular flexibility index (Phi) is 7.48. The zero-order valence-electron chi connectivity index (χ0n) is 22.8. The summed E-state index contributed by atoms with van der Waals surface area (Å²) in [6, 6.07) is 19.9. The lowest BCUT2D eigenvalue weighted by molar-refractivity contribution is 0.0903. The summed E-state index contributed by atoms with van der Waals surface area (Å²) in [5, 5.41) is 14.0. The molecule has 3 aromatic heterocycles. The van der Waals surface area contributed by atoms with Crippen LogP contribution in [0.5, 0.6) is 0 Å². The van der Waals surface area contributed by atoms with E-state index in [2.05, 4.69) is 61.6 Å². The fraction of sp³-hybridized carbons (Fsp3) is 0.323. The van der Waals surface area contributed by atoms with Crippen LogP contribution in [0.2, 0.25) is 0 Å². The van der Waals surface area contributed by atoms with Crippen LogP contribution in [-0.2, 0) is 24.4 Å². The maximum atomic E-state index is 13.9. The third-order valence-corrected chi connectivity index (χ3v) is 7.67. The molecule has 1 saturated heterocycles.